The molecule has 1 aromatic heterocycles. The Morgan fingerprint density at radius 3 is 2.62 bits per heavy atom. The number of aromatic nitrogens is 1. The lowest BCUT2D eigenvalue weighted by molar-refractivity contribution is 0.319. The Balaban J connectivity index is 2.51. The van der Waals surface area contributed by atoms with Gasteiger partial charge in [-0.2, -0.15) is 0 Å². The summed E-state index contributed by atoms with van der Waals surface area (Å²) in [6.07, 6.45) is 3.98. The summed E-state index contributed by atoms with van der Waals surface area (Å²) in [6.45, 7) is 6.54. The Bertz CT molecular complexity index is 604. The molecule has 3 nitrogen and oxygen atoms in total. The molecule has 2 rings (SSSR count). The van der Waals surface area contributed by atoms with Crippen LogP contribution in [-0.4, -0.2) is 36.7 Å². The van der Waals surface area contributed by atoms with Crippen LogP contribution in [0.2, 0.25) is 0 Å². The van der Waals surface area contributed by atoms with Crippen molar-refractivity contribution in [3.8, 4) is 5.75 Å². The molecular weight excluding hydrogens is 267 g/mol. The fraction of sp³-hybridized carbons (Fsp3) is 0.529. The summed E-state index contributed by atoms with van der Waals surface area (Å²) in [5, 5.41) is 1.06. The number of likely N-dealkylation sites (N-methyl/N-ethyl adjacent to an activating group) is 1. The fourth-order valence-electron chi connectivity index (χ4n) is 2.56. The molecule has 0 aliphatic heterocycles. The average Bonchev–Trinajstić information content (AvgIpc) is 2.80. The third kappa shape index (κ3) is 3.56. The number of hydrogen-bond donors (Lipinski definition) is 0. The lowest BCUT2D eigenvalue weighted by atomic mass is 10.1. The molecule has 0 spiro atoms. The van der Waals surface area contributed by atoms with E-state index < -0.39 is 0 Å². The Kier molecular flexibility index (Phi) is 5.23. The maximum atomic E-state index is 13.9. The molecule has 0 unspecified atom stereocenters. The maximum Gasteiger partial charge on any atom is 0.131 e. The van der Waals surface area contributed by atoms with Crippen molar-refractivity contribution in [1.29, 1.82) is 0 Å². The summed E-state index contributed by atoms with van der Waals surface area (Å²) in [4.78, 5) is 2.16. The average molecular weight is 292 g/mol. The number of hydrogen-bond acceptors (Lipinski definition) is 2. The topological polar surface area (TPSA) is 17.4 Å². The summed E-state index contributed by atoms with van der Waals surface area (Å²) in [5.41, 5.74) is 2.16. The highest BCUT2D eigenvalue weighted by atomic mass is 19.1. The molecule has 1 heterocycles. The molecule has 0 saturated carbocycles. The SMILES string of the molecule is CCCOc1cc(F)cc2c1c(CCN(C)C)cn2CC. The van der Waals surface area contributed by atoms with Gasteiger partial charge < -0.3 is 14.2 Å². The van der Waals surface area contributed by atoms with E-state index in [1.54, 1.807) is 6.07 Å². The minimum atomic E-state index is -0.236. The summed E-state index contributed by atoms with van der Waals surface area (Å²) in [7, 11) is 4.13. The molecule has 2 aromatic rings. The minimum absolute atomic E-state index is 0.236. The summed E-state index contributed by atoms with van der Waals surface area (Å²) >= 11 is 0. The fourth-order valence-corrected chi connectivity index (χ4v) is 2.56. The van der Waals surface area contributed by atoms with Crippen LogP contribution in [0.1, 0.15) is 25.8 Å². The number of fused-ring (bicyclic) bond motifs is 1. The molecule has 0 saturated heterocycles. The number of nitrogens with zero attached hydrogens (tertiary/aromatic N) is 2. The van der Waals surface area contributed by atoms with E-state index in [4.69, 9.17) is 4.74 Å². The van der Waals surface area contributed by atoms with Gasteiger partial charge in [-0.15, -0.1) is 0 Å². The molecule has 0 aliphatic rings. The maximum absolute atomic E-state index is 13.9. The molecule has 0 fully saturated rings. The van der Waals surface area contributed by atoms with E-state index in [2.05, 4.69) is 43.6 Å². The van der Waals surface area contributed by atoms with E-state index in [9.17, 15) is 4.39 Å². The second-order valence-electron chi connectivity index (χ2n) is 5.64. The van der Waals surface area contributed by atoms with E-state index in [1.807, 2.05) is 0 Å². The minimum Gasteiger partial charge on any atom is -0.493 e. The van der Waals surface area contributed by atoms with Crippen molar-refractivity contribution in [1.82, 2.24) is 9.47 Å². The number of rotatable bonds is 7. The quantitative estimate of drug-likeness (QED) is 0.774. The number of halogens is 1. The van der Waals surface area contributed by atoms with Gasteiger partial charge in [0.15, 0.2) is 0 Å². The van der Waals surface area contributed by atoms with Gasteiger partial charge in [-0.3, -0.25) is 0 Å². The molecule has 0 bridgehead atoms. The molecule has 21 heavy (non-hydrogen) atoms. The van der Waals surface area contributed by atoms with Gasteiger partial charge in [0.2, 0.25) is 0 Å². The molecule has 116 valence electrons. The third-order valence-corrected chi connectivity index (χ3v) is 3.62. The van der Waals surface area contributed by atoms with Crippen molar-refractivity contribution in [3.63, 3.8) is 0 Å². The first-order chi connectivity index (χ1) is 10.1. The highest BCUT2D eigenvalue weighted by Gasteiger charge is 2.15. The molecule has 0 radical (unpaired) electrons. The molecular formula is C17H25FN2O. The highest BCUT2D eigenvalue weighted by Crippen LogP contribution is 2.32. The zero-order valence-electron chi connectivity index (χ0n) is 13.4. The van der Waals surface area contributed by atoms with Gasteiger partial charge >= 0.3 is 0 Å². The molecule has 0 aliphatic carbocycles. The predicted molar refractivity (Wildman–Crippen MR) is 85.6 cm³/mol. The second kappa shape index (κ2) is 6.94. The largest absolute Gasteiger partial charge is 0.493 e. The Morgan fingerprint density at radius 2 is 2.00 bits per heavy atom. The van der Waals surface area contributed by atoms with Crippen LogP contribution in [0.25, 0.3) is 10.9 Å². The summed E-state index contributed by atoms with van der Waals surface area (Å²) in [6, 6.07) is 3.12. The zero-order chi connectivity index (χ0) is 15.4. The monoisotopic (exact) mass is 292 g/mol. The van der Waals surface area contributed by atoms with Gasteiger partial charge in [0.05, 0.1) is 12.1 Å². The number of ether oxygens (including phenoxy) is 1. The lowest BCUT2D eigenvalue weighted by Gasteiger charge is -2.11. The normalized spacial score (nSPS) is 11.5. The van der Waals surface area contributed by atoms with Crippen molar-refractivity contribution in [2.45, 2.75) is 33.2 Å². The Hall–Kier alpha value is -1.55. The number of aryl methyl sites for hydroxylation is 1. The van der Waals surface area contributed by atoms with Crippen molar-refractivity contribution >= 4 is 10.9 Å². The van der Waals surface area contributed by atoms with Gasteiger partial charge in [0, 0.05) is 30.7 Å². The van der Waals surface area contributed by atoms with Gasteiger partial charge in [0.1, 0.15) is 11.6 Å². The Labute approximate surface area is 126 Å². The van der Waals surface area contributed by atoms with Crippen LogP contribution >= 0.6 is 0 Å². The molecule has 4 heteroatoms. The molecule has 1 aromatic carbocycles. The first-order valence-corrected chi connectivity index (χ1v) is 7.65. The molecule has 0 amide bonds. The van der Waals surface area contributed by atoms with Gasteiger partial charge in [-0.1, -0.05) is 6.92 Å². The number of benzene rings is 1. The predicted octanol–water partition coefficient (Wildman–Crippen LogP) is 3.69. The standard InChI is InChI=1S/C17H25FN2O/c1-5-9-21-16-11-14(18)10-15-17(16)13(7-8-19(3)4)12-20(15)6-2/h10-12H,5-9H2,1-4H3. The van der Waals surface area contributed by atoms with Crippen molar-refractivity contribution in [3.05, 3.63) is 29.7 Å². The second-order valence-corrected chi connectivity index (χ2v) is 5.64. The summed E-state index contributed by atoms with van der Waals surface area (Å²) in [5.74, 6) is 0.438. The third-order valence-electron chi connectivity index (χ3n) is 3.62. The van der Waals surface area contributed by atoms with Crippen molar-refractivity contribution < 1.29 is 9.13 Å². The van der Waals surface area contributed by atoms with E-state index >= 15 is 0 Å². The van der Waals surface area contributed by atoms with Crippen LogP contribution < -0.4 is 4.74 Å². The summed E-state index contributed by atoms with van der Waals surface area (Å²) < 4.78 is 21.7. The van der Waals surface area contributed by atoms with E-state index in [0.717, 1.165) is 36.8 Å². The van der Waals surface area contributed by atoms with Crippen LogP contribution in [0.4, 0.5) is 4.39 Å². The first-order valence-electron chi connectivity index (χ1n) is 7.65. The Morgan fingerprint density at radius 1 is 1.24 bits per heavy atom. The van der Waals surface area contributed by atoms with Crippen LogP contribution in [-0.2, 0) is 13.0 Å². The first kappa shape index (κ1) is 15.8. The van der Waals surface area contributed by atoms with Crippen molar-refractivity contribution in [2.24, 2.45) is 0 Å². The molecule has 0 atom stereocenters. The van der Waals surface area contributed by atoms with Gasteiger partial charge in [-0.05, 0) is 45.5 Å². The lowest BCUT2D eigenvalue weighted by Crippen LogP contribution is -2.15. The van der Waals surface area contributed by atoms with Crippen molar-refractivity contribution in [2.75, 3.05) is 27.2 Å². The van der Waals surface area contributed by atoms with Crippen LogP contribution in [0.3, 0.4) is 0 Å². The van der Waals surface area contributed by atoms with Gasteiger partial charge in [0.25, 0.3) is 0 Å². The van der Waals surface area contributed by atoms with Crippen LogP contribution in [0, 0.1) is 5.82 Å². The van der Waals surface area contributed by atoms with Crippen LogP contribution in [0.15, 0.2) is 18.3 Å². The zero-order valence-corrected chi connectivity index (χ0v) is 13.4. The van der Waals surface area contributed by atoms with E-state index in [0.29, 0.717) is 12.4 Å². The van der Waals surface area contributed by atoms with E-state index in [1.165, 1.54) is 11.6 Å². The van der Waals surface area contributed by atoms with Gasteiger partial charge in [-0.25, -0.2) is 4.39 Å². The highest BCUT2D eigenvalue weighted by molar-refractivity contribution is 5.90. The van der Waals surface area contributed by atoms with E-state index in [-0.39, 0.29) is 5.82 Å². The molecule has 0 N–H and O–H groups in total. The smallest absolute Gasteiger partial charge is 0.131 e. The van der Waals surface area contributed by atoms with Crippen LogP contribution in [0.5, 0.6) is 5.75 Å².